The van der Waals surface area contributed by atoms with Crippen molar-refractivity contribution in [2.75, 3.05) is 72.5 Å². The number of hydrogen-bond donors (Lipinski definition) is 0. The Morgan fingerprint density at radius 3 is 1.10 bits per heavy atom. The van der Waals surface area contributed by atoms with Crippen LogP contribution in [0.25, 0.3) is 0 Å². The summed E-state index contributed by atoms with van der Waals surface area (Å²) in [5.41, 5.74) is 0. The van der Waals surface area contributed by atoms with E-state index >= 15 is 0 Å². The van der Waals surface area contributed by atoms with Crippen LogP contribution in [0.5, 0.6) is 0 Å². The second-order valence-corrected chi connectivity index (χ2v) is 18.1. The van der Waals surface area contributed by atoms with E-state index in [9.17, 15) is 9.59 Å². The number of rotatable bonds is 51. The molecule has 0 rings (SSSR count). The number of carbonyl (C=O) groups excluding carboxylic acids is 2. The van der Waals surface area contributed by atoms with Crippen LogP contribution >= 0.6 is 0 Å². The van der Waals surface area contributed by atoms with E-state index < -0.39 is 0 Å². The Hall–Kier alpha value is -1.22. The molecule has 0 fully saturated rings. The van der Waals surface area contributed by atoms with E-state index in [1.807, 2.05) is 6.92 Å². The normalized spacial score (nSPS) is 12.6. The molecule has 0 aliphatic carbocycles. The summed E-state index contributed by atoms with van der Waals surface area (Å²) >= 11 is 0. The summed E-state index contributed by atoms with van der Waals surface area (Å²) in [6.45, 7) is 19.2. The lowest BCUT2D eigenvalue weighted by Gasteiger charge is -2.22. The van der Waals surface area contributed by atoms with Crippen molar-refractivity contribution in [1.29, 1.82) is 0 Å². The molecule has 0 aliphatic rings. The van der Waals surface area contributed by atoms with E-state index in [0.29, 0.717) is 70.9 Å². The predicted molar refractivity (Wildman–Crippen MR) is 259 cm³/mol. The summed E-state index contributed by atoms with van der Waals surface area (Å²) in [5, 5.41) is 0. The molecule has 0 aromatic rings. The Kier molecular flexibility index (Phi) is 48.8. The lowest BCUT2D eigenvalue weighted by atomic mass is 9.95. The standard InChI is InChI=1S/C53H105NO7/c1-6-11-15-19-21-27-36-50(34-25-17-13-8-3)48-60-52(55)38-29-23-31-40-54(42-33-43-58-46-47-59-45-44-57-10-5)41-32-24-30-39-53(56)61-49-51(35-26-18-14-9-4)37-28-22-20-16-12-7-2/h50-51H,6-49H2,1-5H3. The average Bonchev–Trinajstić information content (AvgIpc) is 3.26. The van der Waals surface area contributed by atoms with Crippen molar-refractivity contribution in [2.24, 2.45) is 11.8 Å². The summed E-state index contributed by atoms with van der Waals surface area (Å²) in [6.07, 6.45) is 38.7. The molecular weight excluding hydrogens is 763 g/mol. The van der Waals surface area contributed by atoms with Gasteiger partial charge in [0.1, 0.15) is 0 Å². The highest BCUT2D eigenvalue weighted by atomic mass is 16.5. The van der Waals surface area contributed by atoms with Gasteiger partial charge in [0.15, 0.2) is 0 Å². The summed E-state index contributed by atoms with van der Waals surface area (Å²) in [7, 11) is 0. The minimum atomic E-state index is -0.0174. The molecule has 364 valence electrons. The van der Waals surface area contributed by atoms with Gasteiger partial charge in [-0.05, 0) is 89.6 Å². The Morgan fingerprint density at radius 1 is 0.361 bits per heavy atom. The van der Waals surface area contributed by atoms with E-state index in [1.54, 1.807) is 0 Å². The van der Waals surface area contributed by atoms with Gasteiger partial charge in [-0.2, -0.15) is 0 Å². The van der Waals surface area contributed by atoms with Crippen LogP contribution in [0.15, 0.2) is 0 Å². The van der Waals surface area contributed by atoms with Crippen LogP contribution in [0, 0.1) is 11.8 Å². The Morgan fingerprint density at radius 2 is 0.689 bits per heavy atom. The second kappa shape index (κ2) is 49.8. The van der Waals surface area contributed by atoms with Gasteiger partial charge in [0, 0.05) is 32.6 Å². The zero-order valence-electron chi connectivity index (χ0n) is 41.6. The molecule has 0 aromatic heterocycles. The SMILES string of the molecule is CCCCCCCCC(CCCCCC)COC(=O)CCCCCN(CCCCCC(=O)OCC(CCCCCC)CCCCCCCC)CCCOCCOCCOCC. The molecule has 0 heterocycles. The Labute approximate surface area is 379 Å². The highest BCUT2D eigenvalue weighted by Crippen LogP contribution is 2.21. The van der Waals surface area contributed by atoms with Gasteiger partial charge in [-0.15, -0.1) is 0 Å². The van der Waals surface area contributed by atoms with Crippen molar-refractivity contribution in [3.63, 3.8) is 0 Å². The molecule has 0 aliphatic heterocycles. The van der Waals surface area contributed by atoms with Crippen LogP contribution in [-0.2, 0) is 33.3 Å². The van der Waals surface area contributed by atoms with E-state index in [1.165, 1.54) is 154 Å². The van der Waals surface area contributed by atoms with Crippen LogP contribution < -0.4 is 0 Å². The number of hydrogen-bond acceptors (Lipinski definition) is 8. The first-order valence-electron chi connectivity index (χ1n) is 26.8. The molecule has 0 amide bonds. The van der Waals surface area contributed by atoms with Crippen LogP contribution in [0.1, 0.15) is 247 Å². The maximum atomic E-state index is 12.8. The first-order valence-corrected chi connectivity index (χ1v) is 26.8. The third-order valence-corrected chi connectivity index (χ3v) is 12.2. The molecule has 0 saturated heterocycles. The van der Waals surface area contributed by atoms with Gasteiger partial charge >= 0.3 is 11.9 Å². The summed E-state index contributed by atoms with van der Waals surface area (Å²) in [6, 6.07) is 0. The van der Waals surface area contributed by atoms with Gasteiger partial charge in [-0.3, -0.25) is 9.59 Å². The molecule has 8 heteroatoms. The molecule has 8 nitrogen and oxygen atoms in total. The summed E-state index contributed by atoms with van der Waals surface area (Å²) in [4.78, 5) is 28.1. The molecule has 0 saturated carbocycles. The number of ether oxygens (including phenoxy) is 5. The number of nitrogens with zero attached hydrogens (tertiary/aromatic N) is 1. The number of carbonyl (C=O) groups is 2. The molecule has 0 radical (unpaired) electrons. The Balaban J connectivity index is 4.69. The van der Waals surface area contributed by atoms with Gasteiger partial charge in [0.2, 0.25) is 0 Å². The lowest BCUT2D eigenvalue weighted by Crippen LogP contribution is -2.28. The highest BCUT2D eigenvalue weighted by molar-refractivity contribution is 5.69. The van der Waals surface area contributed by atoms with Crippen molar-refractivity contribution < 1.29 is 33.3 Å². The molecule has 0 aromatic carbocycles. The van der Waals surface area contributed by atoms with Crippen molar-refractivity contribution in [3.8, 4) is 0 Å². The minimum Gasteiger partial charge on any atom is -0.465 e. The van der Waals surface area contributed by atoms with Crippen LogP contribution in [0.2, 0.25) is 0 Å². The molecule has 61 heavy (non-hydrogen) atoms. The smallest absolute Gasteiger partial charge is 0.305 e. The summed E-state index contributed by atoms with van der Waals surface area (Å²) in [5.74, 6) is 0.993. The van der Waals surface area contributed by atoms with E-state index in [0.717, 1.165) is 71.2 Å². The molecule has 2 atom stereocenters. The summed E-state index contributed by atoms with van der Waals surface area (Å²) < 4.78 is 28.5. The minimum absolute atomic E-state index is 0.0174. The molecule has 0 bridgehead atoms. The third kappa shape index (κ3) is 45.2. The maximum absolute atomic E-state index is 12.8. The van der Waals surface area contributed by atoms with Gasteiger partial charge in [-0.1, -0.05) is 169 Å². The molecular formula is C53H105NO7. The fourth-order valence-corrected chi connectivity index (χ4v) is 8.21. The van der Waals surface area contributed by atoms with E-state index in [2.05, 4.69) is 32.6 Å². The second-order valence-electron chi connectivity index (χ2n) is 18.1. The number of esters is 2. The first kappa shape index (κ1) is 59.8. The van der Waals surface area contributed by atoms with Gasteiger partial charge in [-0.25, -0.2) is 0 Å². The lowest BCUT2D eigenvalue weighted by molar-refractivity contribution is -0.146. The average molecular weight is 868 g/mol. The van der Waals surface area contributed by atoms with E-state index in [-0.39, 0.29) is 11.9 Å². The number of unbranched alkanes of at least 4 members (excludes halogenated alkanes) is 20. The molecule has 2 unspecified atom stereocenters. The fourth-order valence-electron chi connectivity index (χ4n) is 8.21. The predicted octanol–water partition coefficient (Wildman–Crippen LogP) is 14.6. The van der Waals surface area contributed by atoms with Crippen molar-refractivity contribution in [1.82, 2.24) is 4.90 Å². The van der Waals surface area contributed by atoms with Crippen molar-refractivity contribution >= 4 is 11.9 Å². The topological polar surface area (TPSA) is 83.5 Å². The molecule has 0 N–H and O–H groups in total. The largest absolute Gasteiger partial charge is 0.465 e. The van der Waals surface area contributed by atoms with Crippen LogP contribution in [-0.4, -0.2) is 89.3 Å². The molecule has 0 spiro atoms. The third-order valence-electron chi connectivity index (χ3n) is 12.2. The van der Waals surface area contributed by atoms with Gasteiger partial charge < -0.3 is 28.6 Å². The Bertz CT molecular complexity index is 831. The van der Waals surface area contributed by atoms with E-state index in [4.69, 9.17) is 23.7 Å². The zero-order valence-corrected chi connectivity index (χ0v) is 41.6. The maximum Gasteiger partial charge on any atom is 0.305 e. The first-order chi connectivity index (χ1) is 30.0. The van der Waals surface area contributed by atoms with Gasteiger partial charge in [0.25, 0.3) is 0 Å². The van der Waals surface area contributed by atoms with Crippen molar-refractivity contribution in [2.45, 2.75) is 247 Å². The quantitative estimate of drug-likeness (QED) is 0.0442. The fraction of sp³-hybridized carbons (Fsp3) is 0.962. The monoisotopic (exact) mass is 868 g/mol. The van der Waals surface area contributed by atoms with Crippen LogP contribution in [0.4, 0.5) is 0 Å². The van der Waals surface area contributed by atoms with Gasteiger partial charge in [0.05, 0.1) is 39.6 Å². The highest BCUT2D eigenvalue weighted by Gasteiger charge is 2.14. The van der Waals surface area contributed by atoms with Crippen molar-refractivity contribution in [3.05, 3.63) is 0 Å². The zero-order chi connectivity index (χ0) is 44.5. The van der Waals surface area contributed by atoms with Crippen LogP contribution in [0.3, 0.4) is 0 Å².